The minimum Gasteiger partial charge on any atom is -0.348 e. The Hall–Kier alpha value is -1.65. The van der Waals surface area contributed by atoms with Crippen molar-refractivity contribution in [1.29, 1.82) is 0 Å². The van der Waals surface area contributed by atoms with Crippen LogP contribution in [-0.4, -0.2) is 12.5 Å². The fraction of sp³-hybridized carbons (Fsp3) is 0.353. The highest BCUT2D eigenvalue weighted by Crippen LogP contribution is 2.27. The third kappa shape index (κ3) is 4.16. The van der Waals surface area contributed by atoms with Crippen LogP contribution < -0.4 is 11.1 Å². The zero-order valence-electron chi connectivity index (χ0n) is 12.5. The van der Waals surface area contributed by atoms with E-state index in [4.69, 9.17) is 5.73 Å². The van der Waals surface area contributed by atoms with Gasteiger partial charge in [0.25, 0.3) is 0 Å². The smallest absolute Gasteiger partial charge is 0.224 e. The largest absolute Gasteiger partial charge is 0.348 e. The van der Waals surface area contributed by atoms with Crippen LogP contribution in [0.15, 0.2) is 41.8 Å². The van der Waals surface area contributed by atoms with Crippen molar-refractivity contribution in [1.82, 2.24) is 5.32 Å². The van der Waals surface area contributed by atoms with Gasteiger partial charge in [-0.05, 0) is 35.9 Å². The predicted octanol–water partition coefficient (Wildman–Crippen LogP) is 3.05. The van der Waals surface area contributed by atoms with Crippen LogP contribution in [0.5, 0.6) is 0 Å². The molecule has 0 spiro atoms. The first-order chi connectivity index (χ1) is 10.1. The first kappa shape index (κ1) is 15.7. The Labute approximate surface area is 130 Å². The first-order valence-electron chi connectivity index (χ1n) is 7.20. The topological polar surface area (TPSA) is 55.1 Å². The Morgan fingerprint density at radius 1 is 1.29 bits per heavy atom. The molecule has 4 heteroatoms. The Morgan fingerprint density at radius 3 is 2.57 bits per heavy atom. The second-order valence-electron chi connectivity index (χ2n) is 5.36. The SMILES string of the molecule is Cc1ccsc1C(Cc1ccccc1)NC(=O)C(C)CN. The molecule has 0 saturated heterocycles. The highest BCUT2D eigenvalue weighted by atomic mass is 32.1. The maximum Gasteiger partial charge on any atom is 0.224 e. The molecule has 0 aliphatic heterocycles. The molecule has 1 aromatic carbocycles. The average Bonchev–Trinajstić information content (AvgIpc) is 2.92. The molecule has 0 fully saturated rings. The van der Waals surface area contributed by atoms with Crippen LogP contribution in [0.4, 0.5) is 0 Å². The van der Waals surface area contributed by atoms with E-state index >= 15 is 0 Å². The lowest BCUT2D eigenvalue weighted by Gasteiger charge is -2.21. The molecule has 1 aromatic heterocycles. The molecular weight excluding hydrogens is 280 g/mol. The predicted molar refractivity (Wildman–Crippen MR) is 88.3 cm³/mol. The number of hydrogen-bond donors (Lipinski definition) is 2. The van der Waals surface area contributed by atoms with Gasteiger partial charge in [0.2, 0.25) is 5.91 Å². The van der Waals surface area contributed by atoms with E-state index < -0.39 is 0 Å². The van der Waals surface area contributed by atoms with E-state index in [0.29, 0.717) is 6.54 Å². The van der Waals surface area contributed by atoms with E-state index in [1.807, 2.05) is 25.1 Å². The zero-order chi connectivity index (χ0) is 15.2. The molecule has 2 atom stereocenters. The van der Waals surface area contributed by atoms with Gasteiger partial charge in [0, 0.05) is 17.3 Å². The summed E-state index contributed by atoms with van der Waals surface area (Å²) in [5.41, 5.74) is 8.03. The summed E-state index contributed by atoms with van der Waals surface area (Å²) in [6.45, 7) is 4.31. The highest BCUT2D eigenvalue weighted by molar-refractivity contribution is 7.10. The quantitative estimate of drug-likeness (QED) is 0.861. The van der Waals surface area contributed by atoms with Gasteiger partial charge >= 0.3 is 0 Å². The van der Waals surface area contributed by atoms with E-state index in [-0.39, 0.29) is 17.9 Å². The third-order valence-electron chi connectivity index (χ3n) is 3.62. The minimum absolute atomic E-state index is 0.00824. The lowest BCUT2D eigenvalue weighted by atomic mass is 10.0. The van der Waals surface area contributed by atoms with Crippen molar-refractivity contribution in [2.75, 3.05) is 6.54 Å². The van der Waals surface area contributed by atoms with Crippen LogP contribution in [0.3, 0.4) is 0 Å². The maximum absolute atomic E-state index is 12.2. The monoisotopic (exact) mass is 302 g/mol. The Kier molecular flexibility index (Phi) is 5.53. The van der Waals surface area contributed by atoms with Crippen molar-refractivity contribution in [3.05, 3.63) is 57.8 Å². The number of thiophene rings is 1. The van der Waals surface area contributed by atoms with E-state index in [1.165, 1.54) is 16.0 Å². The minimum atomic E-state index is -0.163. The van der Waals surface area contributed by atoms with Crippen LogP contribution in [0.25, 0.3) is 0 Å². The van der Waals surface area contributed by atoms with Crippen LogP contribution in [0.1, 0.15) is 29.0 Å². The summed E-state index contributed by atoms with van der Waals surface area (Å²) in [7, 11) is 0. The second kappa shape index (κ2) is 7.38. The van der Waals surface area contributed by atoms with Crippen molar-refractivity contribution in [2.45, 2.75) is 26.3 Å². The Morgan fingerprint density at radius 2 is 2.00 bits per heavy atom. The molecule has 0 radical (unpaired) electrons. The van der Waals surface area contributed by atoms with Crippen LogP contribution >= 0.6 is 11.3 Å². The van der Waals surface area contributed by atoms with Gasteiger partial charge in [-0.1, -0.05) is 37.3 Å². The third-order valence-corrected chi connectivity index (χ3v) is 4.75. The van der Waals surface area contributed by atoms with Crippen LogP contribution in [0, 0.1) is 12.8 Å². The van der Waals surface area contributed by atoms with Gasteiger partial charge in [0.1, 0.15) is 0 Å². The maximum atomic E-state index is 12.2. The number of carbonyl (C=O) groups is 1. The highest BCUT2D eigenvalue weighted by Gasteiger charge is 2.20. The van der Waals surface area contributed by atoms with Crippen molar-refractivity contribution in [2.24, 2.45) is 11.7 Å². The average molecular weight is 302 g/mol. The van der Waals surface area contributed by atoms with Crippen molar-refractivity contribution < 1.29 is 4.79 Å². The molecule has 0 aliphatic rings. The molecule has 0 bridgehead atoms. The molecule has 2 aromatic rings. The number of rotatable bonds is 6. The number of carbonyl (C=O) groups excluding carboxylic acids is 1. The van der Waals surface area contributed by atoms with Gasteiger partial charge in [-0.25, -0.2) is 0 Å². The zero-order valence-corrected chi connectivity index (χ0v) is 13.3. The number of aryl methyl sites for hydroxylation is 1. The van der Waals surface area contributed by atoms with Crippen molar-refractivity contribution in [3.63, 3.8) is 0 Å². The molecule has 2 unspecified atom stereocenters. The number of nitrogens with two attached hydrogens (primary N) is 1. The molecule has 3 nitrogen and oxygen atoms in total. The van der Waals surface area contributed by atoms with Gasteiger partial charge in [0.05, 0.1) is 6.04 Å². The summed E-state index contributed by atoms with van der Waals surface area (Å²) in [6, 6.07) is 12.3. The molecular formula is C17H22N2OS. The van der Waals surface area contributed by atoms with Gasteiger partial charge < -0.3 is 11.1 Å². The van der Waals surface area contributed by atoms with Crippen molar-refractivity contribution >= 4 is 17.2 Å². The van der Waals surface area contributed by atoms with Gasteiger partial charge in [-0.2, -0.15) is 0 Å². The number of benzene rings is 1. The molecule has 2 rings (SSSR count). The second-order valence-corrected chi connectivity index (χ2v) is 6.30. The van der Waals surface area contributed by atoms with Crippen molar-refractivity contribution in [3.8, 4) is 0 Å². The number of hydrogen-bond acceptors (Lipinski definition) is 3. The van der Waals surface area contributed by atoms with Gasteiger partial charge in [0.15, 0.2) is 0 Å². The summed E-state index contributed by atoms with van der Waals surface area (Å²) in [4.78, 5) is 13.4. The fourth-order valence-electron chi connectivity index (χ4n) is 2.22. The molecule has 0 aliphatic carbocycles. The summed E-state index contributed by atoms with van der Waals surface area (Å²) in [5, 5.41) is 5.22. The van der Waals surface area contributed by atoms with Crippen LogP contribution in [0.2, 0.25) is 0 Å². The fourth-order valence-corrected chi connectivity index (χ4v) is 3.20. The molecule has 0 saturated carbocycles. The first-order valence-corrected chi connectivity index (χ1v) is 8.08. The Bertz CT molecular complexity index is 579. The standard InChI is InChI=1S/C17H22N2OS/c1-12-8-9-21-16(12)15(19-17(20)13(2)11-18)10-14-6-4-3-5-7-14/h3-9,13,15H,10-11,18H2,1-2H3,(H,19,20). The number of amides is 1. The lowest BCUT2D eigenvalue weighted by molar-refractivity contribution is -0.124. The summed E-state index contributed by atoms with van der Waals surface area (Å²) in [5.74, 6) is -0.144. The molecule has 3 N–H and O–H groups in total. The Balaban J connectivity index is 2.19. The van der Waals surface area contributed by atoms with E-state index in [9.17, 15) is 4.79 Å². The summed E-state index contributed by atoms with van der Waals surface area (Å²) in [6.07, 6.45) is 0.797. The van der Waals surface area contributed by atoms with E-state index in [0.717, 1.165) is 6.42 Å². The van der Waals surface area contributed by atoms with Gasteiger partial charge in [-0.3, -0.25) is 4.79 Å². The molecule has 1 heterocycles. The summed E-state index contributed by atoms with van der Waals surface area (Å²) < 4.78 is 0. The normalized spacial score (nSPS) is 13.7. The lowest BCUT2D eigenvalue weighted by Crippen LogP contribution is -2.36. The number of nitrogens with one attached hydrogen (secondary N) is 1. The van der Waals surface area contributed by atoms with E-state index in [1.54, 1.807) is 11.3 Å². The van der Waals surface area contributed by atoms with Crippen LogP contribution in [-0.2, 0) is 11.2 Å². The molecule has 21 heavy (non-hydrogen) atoms. The molecule has 1 amide bonds. The summed E-state index contributed by atoms with van der Waals surface area (Å²) >= 11 is 1.69. The molecule has 112 valence electrons. The van der Waals surface area contributed by atoms with Gasteiger partial charge in [-0.15, -0.1) is 11.3 Å². The van der Waals surface area contributed by atoms with E-state index in [2.05, 4.69) is 35.8 Å².